The van der Waals surface area contributed by atoms with E-state index in [1.54, 1.807) is 24.3 Å². The molecule has 6 heteroatoms. The van der Waals surface area contributed by atoms with Gasteiger partial charge in [0.15, 0.2) is 0 Å². The molecule has 2 N–H and O–H groups in total. The number of aliphatic hydroxyl groups excluding tert-OH is 1. The number of carbonyl (C=O) groups is 2. The lowest BCUT2D eigenvalue weighted by Gasteiger charge is -2.30. The SMILES string of the molecule is COC(=O)c1ccccc1NC(=O)CN1CCC(CO)CC1. The minimum Gasteiger partial charge on any atom is -0.465 e. The number of esters is 1. The molecule has 1 amide bonds. The Hall–Kier alpha value is -1.92. The first-order chi connectivity index (χ1) is 10.6. The highest BCUT2D eigenvalue weighted by Crippen LogP contribution is 2.18. The number of amides is 1. The van der Waals surface area contributed by atoms with Crippen LogP contribution in [0.3, 0.4) is 0 Å². The number of likely N-dealkylation sites (tertiary alicyclic amines) is 1. The van der Waals surface area contributed by atoms with Crippen molar-refractivity contribution < 1.29 is 19.4 Å². The predicted octanol–water partition coefficient (Wildman–Crippen LogP) is 1.12. The van der Waals surface area contributed by atoms with E-state index in [0.717, 1.165) is 25.9 Å². The van der Waals surface area contributed by atoms with Crippen molar-refractivity contribution in [2.75, 3.05) is 38.7 Å². The number of rotatable bonds is 5. The van der Waals surface area contributed by atoms with Crippen LogP contribution in [0.1, 0.15) is 23.2 Å². The molecular weight excluding hydrogens is 284 g/mol. The van der Waals surface area contributed by atoms with E-state index in [9.17, 15) is 9.59 Å². The van der Waals surface area contributed by atoms with Gasteiger partial charge in [-0.2, -0.15) is 0 Å². The van der Waals surface area contributed by atoms with Crippen molar-refractivity contribution in [1.82, 2.24) is 4.90 Å². The average Bonchev–Trinajstić information content (AvgIpc) is 2.55. The Kier molecular flexibility index (Phi) is 5.91. The van der Waals surface area contributed by atoms with E-state index in [0.29, 0.717) is 17.2 Å². The van der Waals surface area contributed by atoms with E-state index in [2.05, 4.69) is 10.2 Å². The smallest absolute Gasteiger partial charge is 0.339 e. The van der Waals surface area contributed by atoms with Crippen LogP contribution in [-0.2, 0) is 9.53 Å². The van der Waals surface area contributed by atoms with Gasteiger partial charge in [-0.05, 0) is 44.0 Å². The second-order valence-corrected chi connectivity index (χ2v) is 5.49. The number of nitrogens with one attached hydrogen (secondary N) is 1. The molecule has 120 valence electrons. The molecule has 1 saturated heterocycles. The molecule has 0 bridgehead atoms. The molecule has 0 saturated carbocycles. The van der Waals surface area contributed by atoms with Crippen molar-refractivity contribution in [3.63, 3.8) is 0 Å². The van der Waals surface area contributed by atoms with Gasteiger partial charge < -0.3 is 15.2 Å². The zero-order valence-electron chi connectivity index (χ0n) is 12.7. The van der Waals surface area contributed by atoms with Crippen LogP contribution in [0, 0.1) is 5.92 Å². The number of carbonyl (C=O) groups excluding carboxylic acids is 2. The van der Waals surface area contributed by atoms with Crippen LogP contribution in [-0.4, -0.2) is 55.2 Å². The molecule has 2 rings (SSSR count). The highest BCUT2D eigenvalue weighted by atomic mass is 16.5. The van der Waals surface area contributed by atoms with Gasteiger partial charge in [0.2, 0.25) is 5.91 Å². The maximum Gasteiger partial charge on any atom is 0.339 e. The largest absolute Gasteiger partial charge is 0.465 e. The van der Waals surface area contributed by atoms with Crippen LogP contribution in [0.5, 0.6) is 0 Å². The van der Waals surface area contributed by atoms with Crippen molar-refractivity contribution in [2.45, 2.75) is 12.8 Å². The molecule has 0 aliphatic carbocycles. The summed E-state index contributed by atoms with van der Waals surface area (Å²) in [6.07, 6.45) is 1.81. The van der Waals surface area contributed by atoms with Crippen molar-refractivity contribution in [1.29, 1.82) is 0 Å². The summed E-state index contributed by atoms with van der Waals surface area (Å²) in [7, 11) is 1.31. The summed E-state index contributed by atoms with van der Waals surface area (Å²) in [5.74, 6) is -0.280. The Morgan fingerprint density at radius 3 is 2.64 bits per heavy atom. The third-order valence-corrected chi connectivity index (χ3v) is 3.94. The minimum absolute atomic E-state index is 0.154. The van der Waals surface area contributed by atoms with Gasteiger partial charge in [-0.25, -0.2) is 4.79 Å². The molecule has 0 atom stereocenters. The second-order valence-electron chi connectivity index (χ2n) is 5.49. The zero-order valence-corrected chi connectivity index (χ0v) is 12.7. The summed E-state index contributed by atoms with van der Waals surface area (Å²) in [5.41, 5.74) is 0.807. The first kappa shape index (κ1) is 16.5. The van der Waals surface area contributed by atoms with Gasteiger partial charge >= 0.3 is 5.97 Å². The van der Waals surface area contributed by atoms with Gasteiger partial charge in [0.1, 0.15) is 0 Å². The summed E-state index contributed by atoms with van der Waals surface area (Å²) < 4.78 is 4.71. The van der Waals surface area contributed by atoms with E-state index in [1.807, 2.05) is 0 Å². The lowest BCUT2D eigenvalue weighted by Crippen LogP contribution is -2.40. The van der Waals surface area contributed by atoms with Gasteiger partial charge in [0, 0.05) is 6.61 Å². The normalized spacial score (nSPS) is 16.3. The van der Waals surface area contributed by atoms with E-state index in [-0.39, 0.29) is 19.1 Å². The molecular formula is C16H22N2O4. The van der Waals surface area contributed by atoms with Crippen molar-refractivity contribution in [2.24, 2.45) is 5.92 Å². The zero-order chi connectivity index (χ0) is 15.9. The molecule has 1 aliphatic rings. The summed E-state index contributed by atoms with van der Waals surface area (Å²) in [5, 5.41) is 11.9. The molecule has 0 radical (unpaired) electrons. The van der Waals surface area contributed by atoms with E-state index in [1.165, 1.54) is 7.11 Å². The number of aliphatic hydroxyl groups is 1. The van der Waals surface area contributed by atoms with Gasteiger partial charge in [0.05, 0.1) is 24.9 Å². The first-order valence-electron chi connectivity index (χ1n) is 7.44. The number of methoxy groups -OCH3 is 1. The topological polar surface area (TPSA) is 78.9 Å². The van der Waals surface area contributed by atoms with Crippen molar-refractivity contribution >= 4 is 17.6 Å². The lowest BCUT2D eigenvalue weighted by atomic mass is 9.98. The van der Waals surface area contributed by atoms with Crippen LogP contribution in [0.25, 0.3) is 0 Å². The molecule has 1 heterocycles. The maximum atomic E-state index is 12.1. The summed E-state index contributed by atoms with van der Waals surface area (Å²) >= 11 is 0. The minimum atomic E-state index is -0.473. The summed E-state index contributed by atoms with van der Waals surface area (Å²) in [4.78, 5) is 25.9. The Balaban J connectivity index is 1.91. The van der Waals surface area contributed by atoms with E-state index < -0.39 is 5.97 Å². The van der Waals surface area contributed by atoms with E-state index in [4.69, 9.17) is 9.84 Å². The number of hydrogen-bond donors (Lipinski definition) is 2. The standard InChI is InChI=1S/C16H22N2O4/c1-22-16(21)13-4-2-3-5-14(13)17-15(20)10-18-8-6-12(11-19)7-9-18/h2-5,12,19H,6-11H2,1H3,(H,17,20). The molecule has 22 heavy (non-hydrogen) atoms. The molecule has 0 aromatic heterocycles. The molecule has 0 unspecified atom stereocenters. The molecule has 1 fully saturated rings. The fourth-order valence-electron chi connectivity index (χ4n) is 2.60. The van der Waals surface area contributed by atoms with E-state index >= 15 is 0 Å². The number of benzene rings is 1. The average molecular weight is 306 g/mol. The summed E-state index contributed by atoms with van der Waals surface area (Å²) in [6, 6.07) is 6.78. The highest BCUT2D eigenvalue weighted by molar-refractivity contribution is 6.01. The van der Waals surface area contributed by atoms with Gasteiger partial charge in [-0.3, -0.25) is 9.69 Å². The van der Waals surface area contributed by atoms with Crippen LogP contribution < -0.4 is 5.32 Å². The number of anilines is 1. The van der Waals surface area contributed by atoms with Gasteiger partial charge in [-0.1, -0.05) is 12.1 Å². The third kappa shape index (κ3) is 4.29. The Bertz CT molecular complexity index is 525. The number of nitrogens with zero attached hydrogens (tertiary/aromatic N) is 1. The van der Waals surface area contributed by atoms with Crippen LogP contribution in [0.15, 0.2) is 24.3 Å². The molecule has 1 aromatic carbocycles. The van der Waals surface area contributed by atoms with Gasteiger partial charge in [-0.15, -0.1) is 0 Å². The lowest BCUT2D eigenvalue weighted by molar-refractivity contribution is -0.117. The quantitative estimate of drug-likeness (QED) is 0.797. The highest BCUT2D eigenvalue weighted by Gasteiger charge is 2.21. The van der Waals surface area contributed by atoms with Crippen LogP contribution >= 0.6 is 0 Å². The van der Waals surface area contributed by atoms with Gasteiger partial charge in [0.25, 0.3) is 0 Å². The maximum absolute atomic E-state index is 12.1. The number of piperidine rings is 1. The molecule has 1 aromatic rings. The number of ether oxygens (including phenoxy) is 1. The predicted molar refractivity (Wildman–Crippen MR) is 82.7 cm³/mol. The van der Waals surface area contributed by atoms with Crippen LogP contribution in [0.4, 0.5) is 5.69 Å². The number of para-hydroxylation sites is 1. The Morgan fingerprint density at radius 1 is 1.32 bits per heavy atom. The summed E-state index contributed by atoms with van der Waals surface area (Å²) in [6.45, 7) is 2.11. The Labute approximate surface area is 130 Å². The monoisotopic (exact) mass is 306 g/mol. The molecule has 6 nitrogen and oxygen atoms in total. The Morgan fingerprint density at radius 2 is 2.00 bits per heavy atom. The fraction of sp³-hybridized carbons (Fsp3) is 0.500. The third-order valence-electron chi connectivity index (χ3n) is 3.94. The van der Waals surface area contributed by atoms with Crippen molar-refractivity contribution in [3.8, 4) is 0 Å². The molecule has 0 spiro atoms. The fourth-order valence-corrected chi connectivity index (χ4v) is 2.60. The van der Waals surface area contributed by atoms with Crippen molar-refractivity contribution in [3.05, 3.63) is 29.8 Å². The second kappa shape index (κ2) is 7.91. The number of hydrogen-bond acceptors (Lipinski definition) is 5. The van der Waals surface area contributed by atoms with Crippen LogP contribution in [0.2, 0.25) is 0 Å². The first-order valence-corrected chi connectivity index (χ1v) is 7.44. The molecule has 1 aliphatic heterocycles.